The van der Waals surface area contributed by atoms with E-state index in [0.29, 0.717) is 0 Å². The highest BCUT2D eigenvalue weighted by Crippen LogP contribution is 2.31. The first-order valence-corrected chi connectivity index (χ1v) is 8.45. The summed E-state index contributed by atoms with van der Waals surface area (Å²) in [6.45, 7) is 0. The van der Waals surface area contributed by atoms with Gasteiger partial charge >= 0.3 is 0 Å². The second-order valence-electron chi connectivity index (χ2n) is 6.01. The second kappa shape index (κ2) is 7.84. The van der Waals surface area contributed by atoms with Crippen LogP contribution in [0.5, 0.6) is 11.5 Å². The van der Waals surface area contributed by atoms with Gasteiger partial charge in [0.25, 0.3) is 0 Å². The molecule has 0 saturated heterocycles. The fourth-order valence-electron chi connectivity index (χ4n) is 3.12. The Morgan fingerprint density at radius 1 is 0.760 bits per heavy atom. The summed E-state index contributed by atoms with van der Waals surface area (Å²) in [5.41, 5.74) is 3.53. The lowest BCUT2D eigenvalue weighted by atomic mass is 9.86. The van der Waals surface area contributed by atoms with Gasteiger partial charge in [0.2, 0.25) is 0 Å². The highest BCUT2D eigenvalue weighted by molar-refractivity contribution is 6.14. The minimum absolute atomic E-state index is 0.114. The number of rotatable bonds is 4. The molecule has 1 aliphatic carbocycles. The molecule has 0 aliphatic heterocycles. The number of carbonyl (C=O) groups excluding carboxylic acids is 1. The van der Waals surface area contributed by atoms with Gasteiger partial charge in [0, 0.05) is 22.3 Å². The minimum Gasteiger partial charge on any atom is -0.496 e. The molecule has 0 atom stereocenters. The van der Waals surface area contributed by atoms with E-state index in [2.05, 4.69) is 0 Å². The van der Waals surface area contributed by atoms with Crippen molar-refractivity contribution in [1.29, 1.82) is 0 Å². The van der Waals surface area contributed by atoms with Gasteiger partial charge in [-0.05, 0) is 43.5 Å². The summed E-state index contributed by atoms with van der Waals surface area (Å²) in [6, 6.07) is 15.5. The zero-order valence-electron chi connectivity index (χ0n) is 14.6. The van der Waals surface area contributed by atoms with Crippen molar-refractivity contribution in [3.8, 4) is 11.5 Å². The van der Waals surface area contributed by atoms with Crippen molar-refractivity contribution in [3.63, 3.8) is 0 Å². The van der Waals surface area contributed by atoms with Gasteiger partial charge in [-0.25, -0.2) is 0 Å². The second-order valence-corrected chi connectivity index (χ2v) is 6.01. The van der Waals surface area contributed by atoms with E-state index in [9.17, 15) is 4.79 Å². The Balaban J connectivity index is 1.93. The summed E-state index contributed by atoms with van der Waals surface area (Å²) in [5.74, 6) is 1.68. The number of methoxy groups -OCH3 is 2. The van der Waals surface area contributed by atoms with Crippen LogP contribution in [-0.2, 0) is 4.79 Å². The van der Waals surface area contributed by atoms with E-state index in [-0.39, 0.29) is 5.78 Å². The normalized spacial score (nSPS) is 17.8. The number of hydrogen-bond acceptors (Lipinski definition) is 3. The van der Waals surface area contributed by atoms with Crippen molar-refractivity contribution in [3.05, 3.63) is 70.8 Å². The molecule has 0 heterocycles. The topological polar surface area (TPSA) is 35.5 Å². The zero-order chi connectivity index (χ0) is 17.6. The van der Waals surface area contributed by atoms with Crippen LogP contribution in [0, 0.1) is 0 Å². The summed E-state index contributed by atoms with van der Waals surface area (Å²) in [6.07, 6.45) is 6.46. The molecule has 1 saturated carbocycles. The lowest BCUT2D eigenvalue weighted by molar-refractivity contribution is -0.112. The Kier molecular flexibility index (Phi) is 5.34. The van der Waals surface area contributed by atoms with Crippen LogP contribution in [-0.4, -0.2) is 20.0 Å². The molecule has 0 N–H and O–H groups in total. The zero-order valence-corrected chi connectivity index (χ0v) is 14.6. The summed E-state index contributed by atoms with van der Waals surface area (Å²) in [5, 5.41) is 0. The SMILES string of the molecule is COc1ccccc1/C=C1/CCC/C(=C/c2ccccc2OC)C1=O. The number of ketones is 1. The molecular weight excluding hydrogens is 312 g/mol. The Morgan fingerprint density at radius 2 is 1.20 bits per heavy atom. The number of allylic oxidation sites excluding steroid dienone is 2. The molecule has 0 amide bonds. The number of hydrogen-bond donors (Lipinski definition) is 0. The largest absolute Gasteiger partial charge is 0.496 e. The lowest BCUT2D eigenvalue weighted by Gasteiger charge is -2.17. The van der Waals surface area contributed by atoms with Crippen LogP contribution in [0.1, 0.15) is 30.4 Å². The van der Waals surface area contributed by atoms with E-state index in [1.807, 2.05) is 60.7 Å². The van der Waals surface area contributed by atoms with E-state index < -0.39 is 0 Å². The standard InChI is InChI=1S/C22H22O3/c1-24-20-12-5-3-8-16(20)14-18-10-7-11-19(22(18)23)15-17-9-4-6-13-21(17)25-2/h3-6,8-9,12-15H,7,10-11H2,1-2H3/b18-14-,19-15-. The van der Waals surface area contributed by atoms with E-state index in [0.717, 1.165) is 53.0 Å². The van der Waals surface area contributed by atoms with Crippen molar-refractivity contribution in [1.82, 2.24) is 0 Å². The fraction of sp³-hybridized carbons (Fsp3) is 0.227. The predicted octanol–water partition coefficient (Wildman–Crippen LogP) is 4.92. The molecule has 3 rings (SSSR count). The molecule has 0 aromatic heterocycles. The first-order chi connectivity index (χ1) is 12.2. The van der Waals surface area contributed by atoms with Crippen LogP contribution in [0.25, 0.3) is 12.2 Å². The highest BCUT2D eigenvalue weighted by atomic mass is 16.5. The fourth-order valence-corrected chi connectivity index (χ4v) is 3.12. The molecule has 2 aromatic carbocycles. The van der Waals surface area contributed by atoms with Gasteiger partial charge in [0.05, 0.1) is 14.2 Å². The molecule has 0 unspecified atom stereocenters. The van der Waals surface area contributed by atoms with Crippen molar-refractivity contribution >= 4 is 17.9 Å². The third-order valence-corrected chi connectivity index (χ3v) is 4.41. The molecule has 0 spiro atoms. The van der Waals surface area contributed by atoms with Crippen LogP contribution in [0.2, 0.25) is 0 Å². The number of benzene rings is 2. The van der Waals surface area contributed by atoms with Crippen LogP contribution in [0.4, 0.5) is 0 Å². The lowest BCUT2D eigenvalue weighted by Crippen LogP contribution is -2.12. The summed E-state index contributed by atoms with van der Waals surface area (Å²) >= 11 is 0. The van der Waals surface area contributed by atoms with Crippen LogP contribution in [0.3, 0.4) is 0 Å². The van der Waals surface area contributed by atoms with E-state index in [1.54, 1.807) is 14.2 Å². The average molecular weight is 334 g/mol. The molecular formula is C22H22O3. The maximum absolute atomic E-state index is 12.9. The summed E-state index contributed by atoms with van der Waals surface area (Å²) in [7, 11) is 3.29. The molecule has 3 heteroatoms. The van der Waals surface area contributed by atoms with Crippen molar-refractivity contribution in [2.45, 2.75) is 19.3 Å². The summed E-state index contributed by atoms with van der Waals surface area (Å²) < 4.78 is 10.8. The number of carbonyl (C=O) groups is 1. The molecule has 128 valence electrons. The maximum Gasteiger partial charge on any atom is 0.185 e. The molecule has 2 aromatic rings. The Morgan fingerprint density at radius 3 is 1.64 bits per heavy atom. The Hall–Kier alpha value is -2.81. The molecule has 25 heavy (non-hydrogen) atoms. The van der Waals surface area contributed by atoms with Crippen LogP contribution >= 0.6 is 0 Å². The molecule has 3 nitrogen and oxygen atoms in total. The third kappa shape index (κ3) is 3.82. The van der Waals surface area contributed by atoms with Crippen molar-refractivity contribution in [2.75, 3.05) is 14.2 Å². The van der Waals surface area contributed by atoms with Crippen molar-refractivity contribution in [2.24, 2.45) is 0 Å². The molecule has 0 bridgehead atoms. The maximum atomic E-state index is 12.9. The van der Waals surface area contributed by atoms with Gasteiger partial charge < -0.3 is 9.47 Å². The Bertz CT molecular complexity index is 763. The van der Waals surface area contributed by atoms with E-state index in [1.165, 1.54) is 0 Å². The summed E-state index contributed by atoms with van der Waals surface area (Å²) in [4.78, 5) is 12.9. The molecule has 1 aliphatic rings. The molecule has 1 fully saturated rings. The van der Waals surface area contributed by atoms with Gasteiger partial charge in [0.15, 0.2) is 5.78 Å². The first kappa shape index (κ1) is 17.0. The highest BCUT2D eigenvalue weighted by Gasteiger charge is 2.21. The van der Waals surface area contributed by atoms with Crippen LogP contribution in [0.15, 0.2) is 59.7 Å². The van der Waals surface area contributed by atoms with Gasteiger partial charge in [-0.3, -0.25) is 4.79 Å². The number of ether oxygens (including phenoxy) is 2. The predicted molar refractivity (Wildman–Crippen MR) is 101 cm³/mol. The van der Waals surface area contributed by atoms with Gasteiger partial charge in [-0.1, -0.05) is 36.4 Å². The first-order valence-electron chi connectivity index (χ1n) is 8.45. The Labute approximate surface area is 148 Å². The van der Waals surface area contributed by atoms with Gasteiger partial charge in [-0.2, -0.15) is 0 Å². The van der Waals surface area contributed by atoms with E-state index in [4.69, 9.17) is 9.47 Å². The van der Waals surface area contributed by atoms with Crippen LogP contribution < -0.4 is 9.47 Å². The number of para-hydroxylation sites is 2. The minimum atomic E-state index is 0.114. The quantitative estimate of drug-likeness (QED) is 0.744. The monoisotopic (exact) mass is 334 g/mol. The average Bonchev–Trinajstić information content (AvgIpc) is 2.66. The third-order valence-electron chi connectivity index (χ3n) is 4.41. The van der Waals surface area contributed by atoms with E-state index >= 15 is 0 Å². The number of Topliss-reactive ketones (excluding diaryl/α,β-unsaturated/α-hetero) is 1. The smallest absolute Gasteiger partial charge is 0.185 e. The van der Waals surface area contributed by atoms with Gasteiger partial charge in [0.1, 0.15) is 11.5 Å². The van der Waals surface area contributed by atoms with Crippen molar-refractivity contribution < 1.29 is 14.3 Å². The molecule has 0 radical (unpaired) electrons. The van der Waals surface area contributed by atoms with Gasteiger partial charge in [-0.15, -0.1) is 0 Å².